The Bertz CT molecular complexity index is 349. The van der Waals surface area contributed by atoms with Gasteiger partial charge in [-0.05, 0) is 12.7 Å². The minimum atomic E-state index is 0.275. The summed E-state index contributed by atoms with van der Waals surface area (Å²) in [5.74, 6) is 0. The number of unbranched alkanes of at least 4 members (excludes halogenated alkanes) is 15. The molecule has 0 aromatic rings. The highest BCUT2D eigenvalue weighted by molar-refractivity contribution is 8.13. The molecule has 1 aliphatic rings. The molecule has 1 aliphatic heterocycles. The van der Waals surface area contributed by atoms with Gasteiger partial charge >= 0.3 is 0 Å². The Labute approximate surface area is 173 Å². The topological polar surface area (TPSA) is 33.6 Å². The zero-order chi connectivity index (χ0) is 19.4. The van der Waals surface area contributed by atoms with Crippen molar-refractivity contribution in [3.8, 4) is 0 Å². The van der Waals surface area contributed by atoms with E-state index in [4.69, 9.17) is 4.74 Å². The van der Waals surface area contributed by atoms with Gasteiger partial charge in [0, 0.05) is 13.2 Å². The molecule has 1 rings (SSSR count). The van der Waals surface area contributed by atoms with E-state index in [1.165, 1.54) is 103 Å². The van der Waals surface area contributed by atoms with E-state index in [9.17, 15) is 0 Å². The van der Waals surface area contributed by atoms with Gasteiger partial charge in [-0.3, -0.25) is 4.99 Å². The lowest BCUT2D eigenvalue weighted by Crippen LogP contribution is -2.39. The van der Waals surface area contributed by atoms with Crippen LogP contribution >= 0.6 is 11.8 Å². The second kappa shape index (κ2) is 19.1. The number of aliphatic imine (C=N–C) groups is 1. The monoisotopic (exact) mass is 398 g/mol. The number of nitrogens with one attached hydrogen (secondary N) is 1. The molecule has 4 heteroatoms. The number of thioether (sulfide) groups is 1. The standard InChI is InChI=1S/C23H46N2OS/c1-3-4-5-6-7-8-9-10-11-12-13-14-15-16-17-18-19-26-22-20-24-23(27-2)25-21-22/h22H,3-21H2,1-2H3,(H,24,25). The Kier molecular flexibility index (Phi) is 17.6. The van der Waals surface area contributed by atoms with Crippen LogP contribution in [0.1, 0.15) is 110 Å². The molecule has 0 fully saturated rings. The van der Waals surface area contributed by atoms with Gasteiger partial charge in [-0.15, -0.1) is 0 Å². The summed E-state index contributed by atoms with van der Waals surface area (Å²) in [6.45, 7) is 4.93. The van der Waals surface area contributed by atoms with Crippen LogP contribution in [0.2, 0.25) is 0 Å². The number of rotatable bonds is 18. The molecule has 1 N–H and O–H groups in total. The van der Waals surface area contributed by atoms with Crippen LogP contribution < -0.4 is 5.32 Å². The molecule has 0 aromatic heterocycles. The maximum absolute atomic E-state index is 5.92. The lowest BCUT2D eigenvalue weighted by Gasteiger charge is -2.22. The highest BCUT2D eigenvalue weighted by Crippen LogP contribution is 2.14. The molecule has 0 spiro atoms. The van der Waals surface area contributed by atoms with Gasteiger partial charge in [-0.25, -0.2) is 0 Å². The van der Waals surface area contributed by atoms with E-state index in [0.29, 0.717) is 0 Å². The zero-order valence-corrected chi connectivity index (χ0v) is 19.1. The van der Waals surface area contributed by atoms with Crippen molar-refractivity contribution < 1.29 is 4.74 Å². The molecule has 0 saturated carbocycles. The Morgan fingerprint density at radius 1 is 0.815 bits per heavy atom. The van der Waals surface area contributed by atoms with Gasteiger partial charge in [0.1, 0.15) is 0 Å². The SMILES string of the molecule is CCCCCCCCCCCCCCCCCCOC1CN=C(SC)NC1. The van der Waals surface area contributed by atoms with E-state index >= 15 is 0 Å². The van der Waals surface area contributed by atoms with Crippen LogP contribution in [0.4, 0.5) is 0 Å². The maximum Gasteiger partial charge on any atom is 0.156 e. The summed E-state index contributed by atoms with van der Waals surface area (Å²) in [6, 6.07) is 0. The van der Waals surface area contributed by atoms with Crippen molar-refractivity contribution in [1.29, 1.82) is 0 Å². The summed E-state index contributed by atoms with van der Waals surface area (Å²) < 4.78 is 5.92. The molecule has 1 atom stereocenters. The predicted octanol–water partition coefficient (Wildman–Crippen LogP) is 6.96. The van der Waals surface area contributed by atoms with Crippen molar-refractivity contribution in [2.45, 2.75) is 116 Å². The predicted molar refractivity (Wildman–Crippen MR) is 123 cm³/mol. The van der Waals surface area contributed by atoms with Crippen molar-refractivity contribution in [2.24, 2.45) is 4.99 Å². The molecule has 0 saturated heterocycles. The molecule has 1 unspecified atom stereocenters. The van der Waals surface area contributed by atoms with Gasteiger partial charge in [0.05, 0.1) is 12.6 Å². The number of hydrogen-bond acceptors (Lipinski definition) is 4. The first kappa shape index (κ1) is 24.8. The van der Waals surface area contributed by atoms with Gasteiger partial charge < -0.3 is 10.1 Å². The lowest BCUT2D eigenvalue weighted by molar-refractivity contribution is 0.0572. The summed E-state index contributed by atoms with van der Waals surface area (Å²) in [5, 5.41) is 4.37. The fraction of sp³-hybridized carbons (Fsp3) is 0.957. The number of amidine groups is 1. The van der Waals surface area contributed by atoms with Crippen LogP contribution in [0.5, 0.6) is 0 Å². The molecule has 0 aliphatic carbocycles. The molecule has 0 bridgehead atoms. The number of ether oxygens (including phenoxy) is 1. The minimum Gasteiger partial charge on any atom is -0.374 e. The van der Waals surface area contributed by atoms with Crippen molar-refractivity contribution in [3.05, 3.63) is 0 Å². The van der Waals surface area contributed by atoms with Gasteiger partial charge in [-0.1, -0.05) is 115 Å². The molecule has 0 aromatic carbocycles. The third-order valence-corrected chi connectivity index (χ3v) is 6.12. The molecular formula is C23H46N2OS. The average molecular weight is 399 g/mol. The smallest absolute Gasteiger partial charge is 0.156 e. The highest BCUT2D eigenvalue weighted by Gasteiger charge is 2.14. The number of hydrogen-bond donors (Lipinski definition) is 1. The van der Waals surface area contributed by atoms with E-state index < -0.39 is 0 Å². The van der Waals surface area contributed by atoms with Crippen molar-refractivity contribution in [2.75, 3.05) is 26.0 Å². The first-order valence-corrected chi connectivity index (χ1v) is 13.0. The summed E-state index contributed by atoms with van der Waals surface area (Å²) in [5.41, 5.74) is 0. The van der Waals surface area contributed by atoms with Crippen LogP contribution in [-0.2, 0) is 4.74 Å². The van der Waals surface area contributed by atoms with Gasteiger partial charge in [-0.2, -0.15) is 0 Å². The lowest BCUT2D eigenvalue weighted by atomic mass is 10.0. The quantitative estimate of drug-likeness (QED) is 0.253. The van der Waals surface area contributed by atoms with Gasteiger partial charge in [0.15, 0.2) is 5.17 Å². The molecule has 3 nitrogen and oxygen atoms in total. The van der Waals surface area contributed by atoms with Crippen LogP contribution in [0.25, 0.3) is 0 Å². The van der Waals surface area contributed by atoms with E-state index in [-0.39, 0.29) is 6.10 Å². The Morgan fingerprint density at radius 3 is 1.70 bits per heavy atom. The Hall–Kier alpha value is -0.220. The van der Waals surface area contributed by atoms with Gasteiger partial charge in [0.25, 0.3) is 0 Å². The Morgan fingerprint density at radius 2 is 1.30 bits per heavy atom. The van der Waals surface area contributed by atoms with Crippen molar-refractivity contribution in [3.63, 3.8) is 0 Å². The largest absolute Gasteiger partial charge is 0.374 e. The second-order valence-corrected chi connectivity index (χ2v) is 8.82. The van der Waals surface area contributed by atoms with Crippen LogP contribution in [0.3, 0.4) is 0 Å². The van der Waals surface area contributed by atoms with Crippen molar-refractivity contribution >= 4 is 16.9 Å². The van der Waals surface area contributed by atoms with Crippen LogP contribution in [0, 0.1) is 0 Å². The second-order valence-electron chi connectivity index (χ2n) is 8.03. The molecule has 0 amide bonds. The first-order valence-electron chi connectivity index (χ1n) is 11.8. The van der Waals surface area contributed by atoms with Crippen LogP contribution in [0.15, 0.2) is 4.99 Å². The normalized spacial score (nSPS) is 17.0. The third kappa shape index (κ3) is 15.4. The van der Waals surface area contributed by atoms with Crippen molar-refractivity contribution in [1.82, 2.24) is 5.32 Å². The summed E-state index contributed by atoms with van der Waals surface area (Å²) in [7, 11) is 0. The van der Waals surface area contributed by atoms with Crippen LogP contribution in [-0.4, -0.2) is 37.2 Å². The third-order valence-electron chi connectivity index (χ3n) is 5.46. The van der Waals surface area contributed by atoms with E-state index in [1.807, 2.05) is 0 Å². The van der Waals surface area contributed by atoms with Gasteiger partial charge in [0.2, 0.25) is 0 Å². The summed E-state index contributed by atoms with van der Waals surface area (Å²) in [4.78, 5) is 4.47. The van der Waals surface area contributed by atoms with E-state index in [0.717, 1.165) is 24.9 Å². The summed E-state index contributed by atoms with van der Waals surface area (Å²) >= 11 is 1.68. The molecule has 27 heavy (non-hydrogen) atoms. The summed E-state index contributed by atoms with van der Waals surface area (Å²) in [6.07, 6.45) is 25.0. The average Bonchev–Trinajstić information content (AvgIpc) is 2.70. The first-order chi connectivity index (χ1) is 13.4. The fourth-order valence-electron chi connectivity index (χ4n) is 3.65. The molecule has 1 heterocycles. The Balaban J connectivity index is 1.71. The zero-order valence-electron chi connectivity index (χ0n) is 18.3. The highest BCUT2D eigenvalue weighted by atomic mass is 32.2. The molecular weight excluding hydrogens is 352 g/mol. The fourth-order valence-corrected chi connectivity index (χ4v) is 4.09. The van der Waals surface area contributed by atoms with E-state index in [2.05, 4.69) is 23.5 Å². The maximum atomic E-state index is 5.92. The minimum absolute atomic E-state index is 0.275. The van der Waals surface area contributed by atoms with E-state index in [1.54, 1.807) is 11.8 Å². The molecule has 160 valence electrons. The molecule has 0 radical (unpaired) electrons. The number of nitrogens with zero attached hydrogens (tertiary/aromatic N) is 1.